The molecular weight excluding hydrogens is 468 g/mol. The zero-order valence-corrected chi connectivity index (χ0v) is 21.4. The molecule has 0 spiro atoms. The van der Waals surface area contributed by atoms with E-state index in [1.807, 2.05) is 19.9 Å². The summed E-state index contributed by atoms with van der Waals surface area (Å²) in [6, 6.07) is 12.2. The molecule has 5 rings (SSSR count). The van der Waals surface area contributed by atoms with Gasteiger partial charge in [-0.15, -0.1) is 17.5 Å². The zero-order valence-electron chi connectivity index (χ0n) is 20.6. The minimum atomic E-state index is -2.49. The van der Waals surface area contributed by atoms with Crippen LogP contribution in [0.1, 0.15) is 61.0 Å². The summed E-state index contributed by atoms with van der Waals surface area (Å²) in [7, 11) is 0. The lowest BCUT2D eigenvalue weighted by atomic mass is 9.97. The second kappa shape index (κ2) is 10.6. The molecule has 0 bridgehead atoms. The molecule has 1 N–H and O–H groups in total. The molecular formula is C27H34ClF2N5. The number of rotatable bonds is 6. The highest BCUT2D eigenvalue weighted by atomic mass is 35.5. The van der Waals surface area contributed by atoms with Gasteiger partial charge < -0.3 is 15.1 Å². The number of halogens is 3. The Morgan fingerprint density at radius 2 is 1.66 bits per heavy atom. The van der Waals surface area contributed by atoms with Gasteiger partial charge in [0, 0.05) is 41.2 Å². The van der Waals surface area contributed by atoms with Gasteiger partial charge in [-0.3, -0.25) is 0 Å². The van der Waals surface area contributed by atoms with E-state index in [-0.39, 0.29) is 24.0 Å². The van der Waals surface area contributed by atoms with Gasteiger partial charge in [0.15, 0.2) is 5.82 Å². The van der Waals surface area contributed by atoms with Gasteiger partial charge in [0.2, 0.25) is 0 Å². The number of nitrogens with zero attached hydrogens (tertiary/aromatic N) is 4. The molecule has 3 aromatic rings. The number of anilines is 2. The Morgan fingerprint density at radius 1 is 0.943 bits per heavy atom. The maximum atomic E-state index is 13.4. The summed E-state index contributed by atoms with van der Waals surface area (Å²) in [5.74, 6) is 0.687. The Kier molecular flexibility index (Phi) is 7.77. The summed E-state index contributed by atoms with van der Waals surface area (Å²) in [5.41, 5.74) is 3.63. The molecule has 0 amide bonds. The Labute approximate surface area is 212 Å². The number of hydrogen-bond acceptors (Lipinski definition) is 5. The lowest BCUT2D eigenvalue weighted by Gasteiger charge is -2.43. The normalized spacial score (nSPS) is 17.8. The summed E-state index contributed by atoms with van der Waals surface area (Å²) < 4.78 is 26.8. The quantitative estimate of drug-likeness (QED) is 0.420. The summed E-state index contributed by atoms with van der Waals surface area (Å²) in [6.07, 6.45) is 1.26. The highest BCUT2D eigenvalue weighted by Gasteiger charge is 2.28. The van der Waals surface area contributed by atoms with Crippen molar-refractivity contribution in [1.82, 2.24) is 15.1 Å². The first-order valence-corrected chi connectivity index (χ1v) is 12.3. The van der Waals surface area contributed by atoms with Crippen LogP contribution in [0.15, 0.2) is 36.4 Å². The molecule has 2 fully saturated rings. The summed E-state index contributed by atoms with van der Waals surface area (Å²) in [4.78, 5) is 5.08. The second-order valence-corrected chi connectivity index (χ2v) is 9.70. The summed E-state index contributed by atoms with van der Waals surface area (Å²) >= 11 is 0. The number of aromatic nitrogens is 2. The molecule has 8 heteroatoms. The van der Waals surface area contributed by atoms with Gasteiger partial charge in [0.05, 0.1) is 11.7 Å². The minimum absolute atomic E-state index is 0. The van der Waals surface area contributed by atoms with Crippen molar-refractivity contribution >= 4 is 34.7 Å². The lowest BCUT2D eigenvalue weighted by Crippen LogP contribution is -2.50. The fourth-order valence-electron chi connectivity index (χ4n) is 5.44. The average Bonchev–Trinajstić information content (AvgIpc) is 2.80. The topological polar surface area (TPSA) is 44.3 Å². The molecule has 0 unspecified atom stereocenters. The fraction of sp³-hybridized carbons (Fsp3) is 0.481. The number of alkyl halides is 2. The van der Waals surface area contributed by atoms with Gasteiger partial charge in [0.25, 0.3) is 6.43 Å². The van der Waals surface area contributed by atoms with Crippen LogP contribution in [0.2, 0.25) is 0 Å². The summed E-state index contributed by atoms with van der Waals surface area (Å²) in [6.45, 7) is 10.3. The van der Waals surface area contributed by atoms with E-state index in [4.69, 9.17) is 0 Å². The summed E-state index contributed by atoms with van der Waals surface area (Å²) in [5, 5.41) is 14.4. The Balaban J connectivity index is 0.00000289. The van der Waals surface area contributed by atoms with Crippen molar-refractivity contribution in [3.05, 3.63) is 58.8 Å². The number of likely N-dealkylation sites (tertiary alicyclic amines) is 1. The van der Waals surface area contributed by atoms with Gasteiger partial charge >= 0.3 is 0 Å². The maximum absolute atomic E-state index is 13.4. The molecule has 0 saturated carbocycles. The molecule has 3 heterocycles. The van der Waals surface area contributed by atoms with Crippen LogP contribution in [0.5, 0.6) is 0 Å². The van der Waals surface area contributed by atoms with E-state index < -0.39 is 6.43 Å². The molecule has 5 nitrogen and oxygen atoms in total. The predicted octanol–water partition coefficient (Wildman–Crippen LogP) is 6.45. The number of benzene rings is 2. The van der Waals surface area contributed by atoms with Crippen LogP contribution < -0.4 is 10.2 Å². The third kappa shape index (κ3) is 5.07. The molecule has 2 aliphatic rings. The third-order valence-electron chi connectivity index (χ3n) is 7.66. The molecule has 2 aromatic carbocycles. The van der Waals surface area contributed by atoms with Crippen molar-refractivity contribution in [2.24, 2.45) is 0 Å². The number of hydrogen-bond donors (Lipinski definition) is 1. The van der Waals surface area contributed by atoms with Crippen LogP contribution in [0.25, 0.3) is 10.8 Å². The number of nitrogens with one attached hydrogen (secondary N) is 1. The highest BCUT2D eigenvalue weighted by Crippen LogP contribution is 2.34. The van der Waals surface area contributed by atoms with Crippen molar-refractivity contribution in [3.8, 4) is 0 Å². The van der Waals surface area contributed by atoms with Crippen molar-refractivity contribution < 1.29 is 8.78 Å². The standard InChI is InChI=1S/C27H33F2N5.ClH/c1-17-22(6-4-7-23(17)26(28)29)18(2)30-27-25-16-21(8-9-24(25)19(3)31-32-27)34-14-10-20(11-15-34)33-12-5-13-33;/h4,6-9,16,18,20,26H,5,10-15H2,1-3H3,(H,30,32);1H/t18-;/m1./s1. The van der Waals surface area contributed by atoms with Gasteiger partial charge in [-0.25, -0.2) is 8.78 Å². The van der Waals surface area contributed by atoms with Crippen molar-refractivity contribution in [1.29, 1.82) is 0 Å². The van der Waals surface area contributed by atoms with Crippen LogP contribution in [0.3, 0.4) is 0 Å². The molecule has 2 saturated heterocycles. The van der Waals surface area contributed by atoms with Crippen molar-refractivity contribution in [2.45, 2.75) is 58.5 Å². The van der Waals surface area contributed by atoms with Crippen molar-refractivity contribution in [2.75, 3.05) is 36.4 Å². The Morgan fingerprint density at radius 3 is 2.31 bits per heavy atom. The lowest BCUT2D eigenvalue weighted by molar-refractivity contribution is 0.100. The average molecular weight is 502 g/mol. The van der Waals surface area contributed by atoms with E-state index in [0.29, 0.717) is 11.4 Å². The predicted molar refractivity (Wildman–Crippen MR) is 141 cm³/mol. The first-order valence-electron chi connectivity index (χ1n) is 12.3. The smallest absolute Gasteiger partial charge is 0.264 e. The van der Waals surface area contributed by atoms with Crippen LogP contribution in [-0.4, -0.2) is 47.3 Å². The first-order chi connectivity index (χ1) is 16.4. The van der Waals surface area contributed by atoms with E-state index in [1.54, 1.807) is 13.0 Å². The second-order valence-electron chi connectivity index (χ2n) is 9.70. The van der Waals surface area contributed by atoms with E-state index >= 15 is 0 Å². The minimum Gasteiger partial charge on any atom is -0.371 e. The fourth-order valence-corrected chi connectivity index (χ4v) is 5.44. The first kappa shape index (κ1) is 25.6. The maximum Gasteiger partial charge on any atom is 0.264 e. The highest BCUT2D eigenvalue weighted by molar-refractivity contribution is 5.95. The van der Waals surface area contributed by atoms with E-state index in [1.165, 1.54) is 44.1 Å². The molecule has 1 atom stereocenters. The van der Waals surface area contributed by atoms with Crippen molar-refractivity contribution in [3.63, 3.8) is 0 Å². The number of piperidine rings is 1. The molecule has 2 aliphatic heterocycles. The Bertz CT molecular complexity index is 1180. The molecule has 0 aliphatic carbocycles. The zero-order chi connectivity index (χ0) is 23.8. The van der Waals surface area contributed by atoms with Crippen LogP contribution >= 0.6 is 12.4 Å². The van der Waals surface area contributed by atoms with Gasteiger partial charge in [-0.05, 0) is 76.4 Å². The van der Waals surface area contributed by atoms with E-state index in [9.17, 15) is 8.78 Å². The van der Waals surface area contributed by atoms with Gasteiger partial charge in [-0.1, -0.05) is 24.3 Å². The van der Waals surface area contributed by atoms with E-state index in [2.05, 4.69) is 43.5 Å². The molecule has 0 radical (unpaired) electrons. The van der Waals surface area contributed by atoms with Gasteiger partial charge in [0.1, 0.15) is 0 Å². The van der Waals surface area contributed by atoms with Gasteiger partial charge in [-0.2, -0.15) is 5.10 Å². The monoisotopic (exact) mass is 501 g/mol. The van der Waals surface area contributed by atoms with Crippen LogP contribution in [0.4, 0.5) is 20.3 Å². The largest absolute Gasteiger partial charge is 0.371 e. The molecule has 35 heavy (non-hydrogen) atoms. The molecule has 188 valence electrons. The molecule has 1 aromatic heterocycles. The van der Waals surface area contributed by atoms with Crippen LogP contribution in [0, 0.1) is 13.8 Å². The SMILES string of the molecule is Cc1c(C(F)F)cccc1[C@@H](C)Nc1nnc(C)c2ccc(N3CCC(N4CCC4)CC3)cc12.Cl. The van der Waals surface area contributed by atoms with E-state index in [0.717, 1.165) is 41.2 Å². The number of fused-ring (bicyclic) bond motifs is 1. The Hall–Kier alpha value is -2.51. The third-order valence-corrected chi connectivity index (χ3v) is 7.66. The van der Waals surface area contributed by atoms with Crippen LogP contribution in [-0.2, 0) is 0 Å². The number of aryl methyl sites for hydroxylation is 1.